The third kappa shape index (κ3) is 4.99. The summed E-state index contributed by atoms with van der Waals surface area (Å²) in [4.78, 5) is 12.5. The predicted molar refractivity (Wildman–Crippen MR) is 111 cm³/mol. The second-order valence-electron chi connectivity index (χ2n) is 6.93. The molecule has 0 aliphatic carbocycles. The number of nitrogens with one attached hydrogen (secondary N) is 3. The number of rotatable bonds is 6. The first-order valence-electron chi connectivity index (χ1n) is 9.22. The Kier molecular flexibility index (Phi) is 6.16. The van der Waals surface area contributed by atoms with Gasteiger partial charge in [0.05, 0.1) is 4.90 Å². The highest BCUT2D eigenvalue weighted by atomic mass is 32.2. The van der Waals surface area contributed by atoms with Gasteiger partial charge in [-0.2, -0.15) is 0 Å². The maximum Gasteiger partial charge on any atom is 0.261 e. The van der Waals surface area contributed by atoms with Crippen LogP contribution in [0.5, 0.6) is 0 Å². The minimum atomic E-state index is -3.67. The molecule has 3 rings (SSSR count). The summed E-state index contributed by atoms with van der Waals surface area (Å²) in [5.74, 6) is -0.178. The standard InChI is InChI=1S/C21H25N3O3S/c1-15-3-8-20(13-16(15)2)28(26,27)24-19-6-4-18(5-7-19)21(25)23-14-17-9-11-22-12-10-17/h3-9,13,22,24H,10-12,14H2,1-2H3,(H,23,25). The van der Waals surface area contributed by atoms with Gasteiger partial charge in [-0.05, 0) is 74.3 Å². The van der Waals surface area contributed by atoms with Crippen LogP contribution in [-0.4, -0.2) is 34.0 Å². The fraction of sp³-hybridized carbons (Fsp3) is 0.286. The van der Waals surface area contributed by atoms with Gasteiger partial charge in [0.1, 0.15) is 0 Å². The molecule has 2 aromatic rings. The maximum atomic E-state index is 12.6. The number of amides is 1. The lowest BCUT2D eigenvalue weighted by Gasteiger charge is -2.14. The molecule has 148 valence electrons. The van der Waals surface area contributed by atoms with Crippen molar-refractivity contribution in [2.45, 2.75) is 25.2 Å². The number of hydrogen-bond donors (Lipinski definition) is 3. The summed E-state index contributed by atoms with van der Waals surface area (Å²) in [6.07, 6.45) is 3.02. The number of hydrogen-bond acceptors (Lipinski definition) is 4. The number of carbonyl (C=O) groups is 1. The van der Waals surface area contributed by atoms with Crippen molar-refractivity contribution in [1.82, 2.24) is 10.6 Å². The number of sulfonamides is 1. The molecule has 2 aromatic carbocycles. The summed E-state index contributed by atoms with van der Waals surface area (Å²) < 4.78 is 27.7. The highest BCUT2D eigenvalue weighted by Gasteiger charge is 2.15. The molecule has 0 fully saturated rings. The van der Waals surface area contributed by atoms with Crippen molar-refractivity contribution in [1.29, 1.82) is 0 Å². The molecule has 0 saturated carbocycles. The van der Waals surface area contributed by atoms with Crippen LogP contribution < -0.4 is 15.4 Å². The van der Waals surface area contributed by atoms with E-state index in [0.717, 1.165) is 30.6 Å². The zero-order valence-electron chi connectivity index (χ0n) is 16.1. The molecule has 1 heterocycles. The van der Waals surface area contributed by atoms with E-state index < -0.39 is 10.0 Å². The Bertz CT molecular complexity index is 996. The van der Waals surface area contributed by atoms with E-state index in [4.69, 9.17) is 0 Å². The van der Waals surface area contributed by atoms with Gasteiger partial charge < -0.3 is 10.6 Å². The van der Waals surface area contributed by atoms with E-state index in [-0.39, 0.29) is 10.8 Å². The predicted octanol–water partition coefficient (Wildman–Crippen LogP) is 2.75. The summed E-state index contributed by atoms with van der Waals surface area (Å²) >= 11 is 0. The normalized spacial score (nSPS) is 14.3. The van der Waals surface area contributed by atoms with E-state index in [2.05, 4.69) is 21.4 Å². The minimum absolute atomic E-state index is 0.178. The van der Waals surface area contributed by atoms with E-state index in [1.54, 1.807) is 42.5 Å². The average Bonchev–Trinajstić information content (AvgIpc) is 2.69. The number of aryl methyl sites for hydroxylation is 2. The molecule has 0 aromatic heterocycles. The van der Waals surface area contributed by atoms with E-state index in [1.807, 2.05) is 13.8 Å². The lowest BCUT2D eigenvalue weighted by molar-refractivity contribution is 0.0956. The van der Waals surface area contributed by atoms with Crippen LogP contribution in [0, 0.1) is 13.8 Å². The Morgan fingerprint density at radius 1 is 1.07 bits per heavy atom. The van der Waals surface area contributed by atoms with Crippen molar-refractivity contribution in [3.63, 3.8) is 0 Å². The van der Waals surface area contributed by atoms with Gasteiger partial charge in [-0.3, -0.25) is 9.52 Å². The van der Waals surface area contributed by atoms with Crippen molar-refractivity contribution >= 4 is 21.6 Å². The molecular formula is C21H25N3O3S. The van der Waals surface area contributed by atoms with Crippen LogP contribution in [0.3, 0.4) is 0 Å². The van der Waals surface area contributed by atoms with E-state index in [1.165, 1.54) is 5.57 Å². The summed E-state index contributed by atoms with van der Waals surface area (Å²) in [6.45, 7) is 6.10. The van der Waals surface area contributed by atoms with Crippen molar-refractivity contribution in [3.8, 4) is 0 Å². The molecule has 0 atom stereocenters. The molecule has 7 heteroatoms. The molecule has 0 unspecified atom stereocenters. The molecule has 1 aliphatic rings. The summed E-state index contributed by atoms with van der Waals surface area (Å²) in [5.41, 5.74) is 4.07. The van der Waals surface area contributed by atoms with Crippen LogP contribution >= 0.6 is 0 Å². The fourth-order valence-electron chi connectivity index (χ4n) is 2.91. The monoisotopic (exact) mass is 399 g/mol. The van der Waals surface area contributed by atoms with Crippen molar-refractivity contribution in [2.24, 2.45) is 0 Å². The lowest BCUT2D eigenvalue weighted by atomic mass is 10.1. The van der Waals surface area contributed by atoms with E-state index in [0.29, 0.717) is 17.8 Å². The quantitative estimate of drug-likeness (QED) is 0.652. The topological polar surface area (TPSA) is 87.3 Å². The van der Waals surface area contributed by atoms with Gasteiger partial charge in [0, 0.05) is 24.3 Å². The molecule has 0 spiro atoms. The third-order valence-electron chi connectivity index (χ3n) is 4.82. The molecule has 0 saturated heterocycles. The Morgan fingerprint density at radius 3 is 2.46 bits per heavy atom. The van der Waals surface area contributed by atoms with Gasteiger partial charge >= 0.3 is 0 Å². The molecule has 0 bridgehead atoms. The first-order valence-corrected chi connectivity index (χ1v) is 10.7. The summed E-state index contributed by atoms with van der Waals surface area (Å²) in [7, 11) is -3.67. The van der Waals surface area contributed by atoms with E-state index >= 15 is 0 Å². The highest BCUT2D eigenvalue weighted by molar-refractivity contribution is 7.92. The Morgan fingerprint density at radius 2 is 1.82 bits per heavy atom. The van der Waals surface area contributed by atoms with E-state index in [9.17, 15) is 13.2 Å². The third-order valence-corrected chi connectivity index (χ3v) is 6.20. The lowest BCUT2D eigenvalue weighted by Crippen LogP contribution is -2.29. The smallest absolute Gasteiger partial charge is 0.261 e. The Labute approximate surface area is 166 Å². The van der Waals surface area contributed by atoms with Crippen molar-refractivity contribution in [3.05, 3.63) is 70.8 Å². The highest BCUT2D eigenvalue weighted by Crippen LogP contribution is 2.19. The fourth-order valence-corrected chi connectivity index (χ4v) is 4.05. The second-order valence-corrected chi connectivity index (χ2v) is 8.61. The Hall–Kier alpha value is -2.64. The number of benzene rings is 2. The first kappa shape index (κ1) is 20.1. The average molecular weight is 400 g/mol. The van der Waals surface area contributed by atoms with Crippen LogP contribution in [-0.2, 0) is 10.0 Å². The largest absolute Gasteiger partial charge is 0.348 e. The van der Waals surface area contributed by atoms with Crippen LogP contribution in [0.15, 0.2) is 59.0 Å². The number of carbonyl (C=O) groups excluding carboxylic acids is 1. The van der Waals surface area contributed by atoms with Crippen molar-refractivity contribution < 1.29 is 13.2 Å². The summed E-state index contributed by atoms with van der Waals surface area (Å²) in [5, 5.41) is 6.13. The first-order chi connectivity index (χ1) is 13.3. The van der Waals surface area contributed by atoms with Crippen LogP contribution in [0.25, 0.3) is 0 Å². The second kappa shape index (κ2) is 8.58. The SMILES string of the molecule is Cc1ccc(S(=O)(=O)Nc2ccc(C(=O)NCC3=CCNCC3)cc2)cc1C. The van der Waals surface area contributed by atoms with Crippen LogP contribution in [0.2, 0.25) is 0 Å². The Balaban J connectivity index is 1.64. The minimum Gasteiger partial charge on any atom is -0.348 e. The summed E-state index contributed by atoms with van der Waals surface area (Å²) in [6, 6.07) is 11.4. The molecule has 28 heavy (non-hydrogen) atoms. The van der Waals surface area contributed by atoms with Gasteiger partial charge in [-0.1, -0.05) is 17.7 Å². The van der Waals surface area contributed by atoms with Crippen molar-refractivity contribution in [2.75, 3.05) is 24.4 Å². The van der Waals surface area contributed by atoms with Gasteiger partial charge in [0.15, 0.2) is 0 Å². The number of anilines is 1. The van der Waals surface area contributed by atoms with Gasteiger partial charge in [-0.25, -0.2) is 8.42 Å². The molecule has 6 nitrogen and oxygen atoms in total. The van der Waals surface area contributed by atoms with Gasteiger partial charge in [-0.15, -0.1) is 0 Å². The maximum absolute atomic E-state index is 12.6. The zero-order chi connectivity index (χ0) is 20.1. The van der Waals surface area contributed by atoms with Crippen LogP contribution in [0.1, 0.15) is 27.9 Å². The molecular weight excluding hydrogens is 374 g/mol. The molecule has 3 N–H and O–H groups in total. The van der Waals surface area contributed by atoms with Crippen LogP contribution in [0.4, 0.5) is 5.69 Å². The molecule has 1 aliphatic heterocycles. The molecule has 0 radical (unpaired) electrons. The van der Waals surface area contributed by atoms with Gasteiger partial charge in [0.25, 0.3) is 15.9 Å². The zero-order valence-corrected chi connectivity index (χ0v) is 16.9. The van der Waals surface area contributed by atoms with Gasteiger partial charge in [0.2, 0.25) is 0 Å². The molecule has 1 amide bonds.